The summed E-state index contributed by atoms with van der Waals surface area (Å²) in [5.41, 5.74) is 3.38. The molecule has 4 nitrogen and oxygen atoms in total. The Balaban J connectivity index is 1.61. The maximum Gasteiger partial charge on any atom is 0.220 e. The number of amides is 1. The summed E-state index contributed by atoms with van der Waals surface area (Å²) in [6.07, 6.45) is 1.15. The summed E-state index contributed by atoms with van der Waals surface area (Å²) in [4.78, 5) is 12.7. The lowest BCUT2D eigenvalue weighted by molar-refractivity contribution is -0.121. The molecule has 150 valence electrons. The van der Waals surface area contributed by atoms with E-state index in [1.165, 1.54) is 0 Å². The standard InChI is InChI=1S/C25H27NO3/c1-28-23-14-13-19(17-24(23)29-2)15-16-26-25(27)18-22(20-9-5-3-6-10-20)21-11-7-4-8-12-21/h3-14,17,22H,15-16,18H2,1-2H3,(H,26,27). The minimum absolute atomic E-state index is 0.0403. The number of hydrogen-bond donors (Lipinski definition) is 1. The van der Waals surface area contributed by atoms with Crippen molar-refractivity contribution in [1.29, 1.82) is 0 Å². The molecule has 0 spiro atoms. The Hall–Kier alpha value is -3.27. The van der Waals surface area contributed by atoms with Gasteiger partial charge < -0.3 is 14.8 Å². The fourth-order valence-electron chi connectivity index (χ4n) is 3.44. The van der Waals surface area contributed by atoms with Crippen molar-refractivity contribution in [2.75, 3.05) is 20.8 Å². The fourth-order valence-corrected chi connectivity index (χ4v) is 3.44. The molecule has 29 heavy (non-hydrogen) atoms. The molecule has 0 bridgehead atoms. The van der Waals surface area contributed by atoms with Crippen LogP contribution in [0.3, 0.4) is 0 Å². The van der Waals surface area contributed by atoms with Crippen LogP contribution in [0.15, 0.2) is 78.9 Å². The van der Waals surface area contributed by atoms with Crippen molar-refractivity contribution < 1.29 is 14.3 Å². The summed E-state index contributed by atoms with van der Waals surface area (Å²) in [6, 6.07) is 26.2. The van der Waals surface area contributed by atoms with Crippen molar-refractivity contribution in [2.45, 2.75) is 18.8 Å². The number of methoxy groups -OCH3 is 2. The lowest BCUT2D eigenvalue weighted by Gasteiger charge is -2.18. The van der Waals surface area contributed by atoms with Crippen molar-refractivity contribution in [3.05, 3.63) is 95.6 Å². The van der Waals surface area contributed by atoms with E-state index in [9.17, 15) is 4.79 Å². The average molecular weight is 389 g/mol. The Bertz CT molecular complexity index is 870. The summed E-state index contributed by atoms with van der Waals surface area (Å²) in [7, 11) is 3.24. The van der Waals surface area contributed by atoms with E-state index in [-0.39, 0.29) is 11.8 Å². The molecule has 0 aliphatic rings. The van der Waals surface area contributed by atoms with Gasteiger partial charge in [0.25, 0.3) is 0 Å². The van der Waals surface area contributed by atoms with Gasteiger partial charge in [-0.05, 0) is 35.2 Å². The van der Waals surface area contributed by atoms with Crippen LogP contribution in [-0.4, -0.2) is 26.7 Å². The molecule has 0 radical (unpaired) electrons. The molecule has 0 atom stereocenters. The molecule has 4 heteroatoms. The van der Waals surface area contributed by atoms with Crippen LogP contribution in [0.2, 0.25) is 0 Å². The largest absolute Gasteiger partial charge is 0.493 e. The summed E-state index contributed by atoms with van der Waals surface area (Å²) in [6.45, 7) is 0.574. The van der Waals surface area contributed by atoms with E-state index in [0.29, 0.717) is 24.5 Å². The molecule has 0 unspecified atom stereocenters. The van der Waals surface area contributed by atoms with Crippen molar-refractivity contribution >= 4 is 5.91 Å². The number of nitrogens with one attached hydrogen (secondary N) is 1. The molecule has 0 heterocycles. The highest BCUT2D eigenvalue weighted by Gasteiger charge is 2.17. The van der Waals surface area contributed by atoms with Crippen LogP contribution < -0.4 is 14.8 Å². The second-order valence-electron chi connectivity index (χ2n) is 6.87. The maximum atomic E-state index is 12.7. The molecule has 1 N–H and O–H groups in total. The monoisotopic (exact) mass is 389 g/mol. The van der Waals surface area contributed by atoms with Crippen LogP contribution in [0, 0.1) is 0 Å². The Morgan fingerprint density at radius 1 is 0.828 bits per heavy atom. The molecule has 0 aliphatic carbocycles. The van der Waals surface area contributed by atoms with E-state index in [1.54, 1.807) is 14.2 Å². The first kappa shape index (κ1) is 20.5. The molecule has 1 amide bonds. The first-order valence-corrected chi connectivity index (χ1v) is 9.78. The molecule has 0 saturated heterocycles. The molecule has 0 fully saturated rings. The maximum absolute atomic E-state index is 12.7. The number of ether oxygens (including phenoxy) is 2. The number of benzene rings is 3. The molecule has 0 aromatic heterocycles. The highest BCUT2D eigenvalue weighted by atomic mass is 16.5. The van der Waals surface area contributed by atoms with Gasteiger partial charge in [-0.2, -0.15) is 0 Å². The van der Waals surface area contributed by atoms with Crippen LogP contribution in [0.25, 0.3) is 0 Å². The molecular weight excluding hydrogens is 362 g/mol. The third-order valence-corrected chi connectivity index (χ3v) is 4.98. The highest BCUT2D eigenvalue weighted by Crippen LogP contribution is 2.28. The molecule has 0 saturated carbocycles. The van der Waals surface area contributed by atoms with Gasteiger partial charge in [0.1, 0.15) is 0 Å². The van der Waals surface area contributed by atoms with Crippen LogP contribution >= 0.6 is 0 Å². The molecule has 3 aromatic carbocycles. The predicted octanol–water partition coefficient (Wildman–Crippen LogP) is 4.58. The number of carbonyl (C=O) groups excluding carboxylic acids is 1. The van der Waals surface area contributed by atoms with E-state index in [2.05, 4.69) is 29.6 Å². The Kier molecular flexibility index (Phi) is 7.28. The van der Waals surface area contributed by atoms with E-state index >= 15 is 0 Å². The summed E-state index contributed by atoms with van der Waals surface area (Å²) in [5.74, 6) is 1.49. The zero-order chi connectivity index (χ0) is 20.5. The Labute approximate surface area is 172 Å². The minimum Gasteiger partial charge on any atom is -0.493 e. The zero-order valence-electron chi connectivity index (χ0n) is 16.9. The zero-order valence-corrected chi connectivity index (χ0v) is 16.9. The van der Waals surface area contributed by atoms with Crippen LogP contribution in [0.1, 0.15) is 29.0 Å². The van der Waals surface area contributed by atoms with Crippen molar-refractivity contribution in [1.82, 2.24) is 5.32 Å². The van der Waals surface area contributed by atoms with E-state index in [1.807, 2.05) is 54.6 Å². The average Bonchev–Trinajstić information content (AvgIpc) is 2.78. The first-order valence-electron chi connectivity index (χ1n) is 9.78. The summed E-state index contributed by atoms with van der Waals surface area (Å²) < 4.78 is 10.6. The topological polar surface area (TPSA) is 47.6 Å². The van der Waals surface area contributed by atoms with Crippen molar-refractivity contribution in [3.63, 3.8) is 0 Å². The molecular formula is C25H27NO3. The first-order chi connectivity index (χ1) is 14.2. The van der Waals surface area contributed by atoms with Gasteiger partial charge >= 0.3 is 0 Å². The van der Waals surface area contributed by atoms with Crippen molar-refractivity contribution in [3.8, 4) is 11.5 Å². The smallest absolute Gasteiger partial charge is 0.220 e. The molecule has 0 aliphatic heterocycles. The van der Waals surface area contributed by atoms with Crippen molar-refractivity contribution in [2.24, 2.45) is 0 Å². The fraction of sp³-hybridized carbons (Fsp3) is 0.240. The predicted molar refractivity (Wildman–Crippen MR) is 116 cm³/mol. The third-order valence-electron chi connectivity index (χ3n) is 4.98. The highest BCUT2D eigenvalue weighted by molar-refractivity contribution is 5.77. The van der Waals surface area contributed by atoms with Gasteiger partial charge in [0, 0.05) is 18.9 Å². The second-order valence-corrected chi connectivity index (χ2v) is 6.87. The van der Waals surface area contributed by atoms with Gasteiger partial charge in [-0.1, -0.05) is 66.7 Å². The quantitative estimate of drug-likeness (QED) is 0.582. The van der Waals surface area contributed by atoms with E-state index in [0.717, 1.165) is 23.1 Å². The lowest BCUT2D eigenvalue weighted by Crippen LogP contribution is -2.27. The van der Waals surface area contributed by atoms with Gasteiger partial charge in [0.05, 0.1) is 14.2 Å². The lowest BCUT2D eigenvalue weighted by atomic mass is 9.88. The number of carbonyl (C=O) groups is 1. The Morgan fingerprint density at radius 3 is 1.97 bits per heavy atom. The van der Waals surface area contributed by atoms with E-state index < -0.39 is 0 Å². The molecule has 3 aromatic rings. The number of hydrogen-bond acceptors (Lipinski definition) is 3. The van der Waals surface area contributed by atoms with Crippen LogP contribution in [-0.2, 0) is 11.2 Å². The second kappa shape index (κ2) is 10.3. The van der Waals surface area contributed by atoms with Gasteiger partial charge in [-0.15, -0.1) is 0 Å². The van der Waals surface area contributed by atoms with Crippen LogP contribution in [0.4, 0.5) is 0 Å². The number of rotatable bonds is 9. The minimum atomic E-state index is 0.0403. The van der Waals surface area contributed by atoms with Gasteiger partial charge in [0.2, 0.25) is 5.91 Å². The third kappa shape index (κ3) is 5.61. The van der Waals surface area contributed by atoms with Gasteiger partial charge in [-0.3, -0.25) is 4.79 Å². The molecule has 3 rings (SSSR count). The summed E-state index contributed by atoms with van der Waals surface area (Å²) >= 11 is 0. The van der Waals surface area contributed by atoms with Crippen LogP contribution in [0.5, 0.6) is 11.5 Å². The Morgan fingerprint density at radius 2 is 1.41 bits per heavy atom. The van der Waals surface area contributed by atoms with Gasteiger partial charge in [0.15, 0.2) is 11.5 Å². The normalized spacial score (nSPS) is 10.6. The SMILES string of the molecule is COc1ccc(CCNC(=O)CC(c2ccccc2)c2ccccc2)cc1OC. The van der Waals surface area contributed by atoms with E-state index in [4.69, 9.17) is 9.47 Å². The van der Waals surface area contributed by atoms with Gasteiger partial charge in [-0.25, -0.2) is 0 Å². The summed E-state index contributed by atoms with van der Waals surface area (Å²) in [5, 5.41) is 3.06.